The van der Waals surface area contributed by atoms with Crippen molar-refractivity contribution in [2.45, 2.75) is 106 Å². The lowest BCUT2D eigenvalue weighted by Gasteiger charge is -2.37. The number of anilines is 2. The number of carbonyl (C=O) groups is 2. The average molecular weight is 789 g/mol. The third-order valence-corrected chi connectivity index (χ3v) is 12.5. The minimum Gasteiger partial charge on any atom is -0.511 e. The number of rotatable bonds is 16. The summed E-state index contributed by atoms with van der Waals surface area (Å²) in [4.78, 5) is 25.5. The Morgan fingerprint density at radius 2 is 1.13 bits per heavy atom. The zero-order valence-corrected chi connectivity index (χ0v) is 32.3. The van der Waals surface area contributed by atoms with Crippen molar-refractivity contribution in [3.05, 3.63) is 82.4 Å². The van der Waals surface area contributed by atoms with Crippen LogP contribution in [0.4, 0.5) is 11.4 Å². The van der Waals surface area contributed by atoms with Crippen molar-refractivity contribution >= 4 is 43.5 Å². The summed E-state index contributed by atoms with van der Waals surface area (Å²) in [5.74, 6) is -2.72. The molecule has 0 radical (unpaired) electrons. The van der Waals surface area contributed by atoms with E-state index in [1.807, 2.05) is 37.5 Å². The van der Waals surface area contributed by atoms with Gasteiger partial charge in [0.1, 0.15) is 5.76 Å². The van der Waals surface area contributed by atoms with E-state index in [9.17, 15) is 45.7 Å². The quantitative estimate of drug-likeness (QED) is 0.0855. The van der Waals surface area contributed by atoms with Gasteiger partial charge in [-0.15, -0.1) is 0 Å². The lowest BCUT2D eigenvalue weighted by atomic mass is 9.75. The second kappa shape index (κ2) is 15.1. The first-order valence-electron chi connectivity index (χ1n) is 17.8. The summed E-state index contributed by atoms with van der Waals surface area (Å²) in [5, 5.41) is 41.3. The predicted molar refractivity (Wildman–Crippen MR) is 201 cm³/mol. The molecule has 2 unspecified atom stereocenters. The van der Waals surface area contributed by atoms with Crippen LogP contribution in [-0.4, -0.2) is 77.5 Å². The Kier molecular flexibility index (Phi) is 11.5. The Morgan fingerprint density at radius 1 is 0.704 bits per heavy atom. The third-order valence-electron chi connectivity index (χ3n) is 10.8. The van der Waals surface area contributed by atoms with E-state index >= 15 is 0 Å². The van der Waals surface area contributed by atoms with Crippen LogP contribution in [-0.2, 0) is 40.7 Å². The zero-order valence-electron chi connectivity index (χ0n) is 30.7. The molecule has 0 saturated heterocycles. The minimum absolute atomic E-state index is 0.0259. The molecule has 1 aliphatic carbocycles. The standard InChI is InChI=1S/C38H48N2O12S2/c1-37(2)27-19-23(53(47,48)49)13-15-29(27)39(17-9-5-7-11-33(41)42)31(37)21-25-35(45)26(36(25)46)22-32-38(3,4)28-20-24(54(50,51)52)14-16-30(28)40(32)18-10-6-8-12-34(43)44/h13-16,19-22,25,35,45-46H,5-12,17-18H2,1-4H3,(H,41,42)(H,43,44)(H,47,48,49)(H,50,51,52)/b31-21+,32-22+. The molecule has 0 spiro atoms. The highest BCUT2D eigenvalue weighted by atomic mass is 32.2. The molecule has 294 valence electrons. The van der Waals surface area contributed by atoms with Gasteiger partial charge in [-0.05, 0) is 79.3 Å². The topological polar surface area (TPSA) is 230 Å². The lowest BCUT2D eigenvalue weighted by Crippen LogP contribution is -2.38. The first-order valence-corrected chi connectivity index (χ1v) is 20.7. The first kappa shape index (κ1) is 41.0. The summed E-state index contributed by atoms with van der Waals surface area (Å²) in [6, 6.07) is 8.63. The van der Waals surface area contributed by atoms with E-state index in [-0.39, 0.29) is 34.0 Å². The van der Waals surface area contributed by atoms with Crippen molar-refractivity contribution < 1.29 is 56.0 Å². The van der Waals surface area contributed by atoms with Crippen LogP contribution in [0.15, 0.2) is 81.1 Å². The van der Waals surface area contributed by atoms with E-state index in [2.05, 4.69) is 0 Å². The predicted octanol–water partition coefficient (Wildman–Crippen LogP) is 5.94. The molecule has 0 saturated carbocycles. The van der Waals surface area contributed by atoms with Gasteiger partial charge < -0.3 is 30.2 Å². The summed E-state index contributed by atoms with van der Waals surface area (Å²) in [6.45, 7) is 8.35. The minimum atomic E-state index is -4.51. The molecule has 14 nitrogen and oxygen atoms in total. The molecule has 2 atom stereocenters. The normalized spacial score (nSPS) is 21.8. The van der Waals surface area contributed by atoms with Gasteiger partial charge in [0.25, 0.3) is 20.2 Å². The number of aliphatic carboxylic acids is 2. The van der Waals surface area contributed by atoms with E-state index in [0.29, 0.717) is 85.5 Å². The zero-order chi connectivity index (χ0) is 40.0. The molecule has 5 rings (SSSR count). The van der Waals surface area contributed by atoms with Crippen molar-refractivity contribution in [2.24, 2.45) is 5.92 Å². The fraction of sp³-hybridized carbons (Fsp3) is 0.474. The smallest absolute Gasteiger partial charge is 0.303 e. The van der Waals surface area contributed by atoms with Crippen LogP contribution >= 0.6 is 0 Å². The number of carboxylic acid groups (broad SMARTS) is 2. The van der Waals surface area contributed by atoms with Crippen molar-refractivity contribution in [3.63, 3.8) is 0 Å². The Labute approximate surface area is 315 Å². The van der Waals surface area contributed by atoms with E-state index in [1.54, 1.807) is 24.3 Å². The number of aliphatic hydroxyl groups is 2. The van der Waals surface area contributed by atoms with Crippen molar-refractivity contribution in [2.75, 3.05) is 22.9 Å². The summed E-state index contributed by atoms with van der Waals surface area (Å²) in [7, 11) is -9.02. The number of nitrogens with zero attached hydrogens (tertiary/aromatic N) is 2. The number of allylic oxidation sites excluding steroid dienone is 2. The molecule has 54 heavy (non-hydrogen) atoms. The fourth-order valence-electron chi connectivity index (χ4n) is 7.76. The van der Waals surface area contributed by atoms with Crippen LogP contribution in [0.5, 0.6) is 0 Å². The maximum absolute atomic E-state index is 12.1. The summed E-state index contributed by atoms with van der Waals surface area (Å²) in [6.07, 6.45) is 5.70. The maximum Gasteiger partial charge on any atom is 0.303 e. The second-order valence-corrected chi connectivity index (χ2v) is 18.0. The summed E-state index contributed by atoms with van der Waals surface area (Å²) in [5.41, 5.74) is 2.50. The number of fused-ring (bicyclic) bond motifs is 2. The van der Waals surface area contributed by atoms with Gasteiger partial charge in [0, 0.05) is 65.1 Å². The van der Waals surface area contributed by atoms with Gasteiger partial charge in [-0.3, -0.25) is 18.7 Å². The van der Waals surface area contributed by atoms with E-state index in [1.165, 1.54) is 24.3 Å². The molecular formula is C38H48N2O12S2. The number of carboxylic acids is 2. The Hall–Kier alpha value is -4.22. The molecule has 2 aromatic rings. The first-order chi connectivity index (χ1) is 25.1. The van der Waals surface area contributed by atoms with Crippen LogP contribution in [0.1, 0.15) is 90.2 Å². The Bertz CT molecular complexity index is 2150. The van der Waals surface area contributed by atoms with Crippen LogP contribution < -0.4 is 9.80 Å². The molecule has 0 amide bonds. The van der Waals surface area contributed by atoms with Crippen molar-refractivity contribution in [1.82, 2.24) is 0 Å². The number of hydrogen-bond donors (Lipinski definition) is 6. The van der Waals surface area contributed by atoms with E-state index in [0.717, 1.165) is 0 Å². The molecule has 3 aliphatic rings. The lowest BCUT2D eigenvalue weighted by molar-refractivity contribution is -0.138. The number of benzene rings is 2. The van der Waals surface area contributed by atoms with Gasteiger partial charge in [-0.25, -0.2) is 0 Å². The molecule has 2 heterocycles. The highest BCUT2D eigenvalue weighted by Gasteiger charge is 2.47. The molecule has 16 heteroatoms. The summed E-state index contributed by atoms with van der Waals surface area (Å²) >= 11 is 0. The Morgan fingerprint density at radius 3 is 1.54 bits per heavy atom. The average Bonchev–Trinajstić information content (AvgIpc) is 3.41. The maximum atomic E-state index is 12.1. The SMILES string of the molecule is CC1(C)/C(=C\C2=C(O)C(/C=C3/N(CCCCCC(=O)O)c4ccc(S(=O)(=O)O)cc4C3(C)C)C2O)N(CCCCCC(=O)O)c2ccc(S(=O)(=O)O)cc21. The van der Waals surface area contributed by atoms with Crippen LogP contribution in [0, 0.1) is 5.92 Å². The molecule has 0 aromatic heterocycles. The van der Waals surface area contributed by atoms with Crippen LogP contribution in [0.25, 0.3) is 0 Å². The summed E-state index contributed by atoms with van der Waals surface area (Å²) < 4.78 is 67.8. The van der Waals surface area contributed by atoms with Crippen LogP contribution in [0.3, 0.4) is 0 Å². The number of aliphatic hydroxyl groups excluding tert-OH is 2. The van der Waals surface area contributed by atoms with Gasteiger partial charge in [0.05, 0.1) is 21.8 Å². The monoisotopic (exact) mass is 788 g/mol. The third kappa shape index (κ3) is 8.08. The fourth-order valence-corrected chi connectivity index (χ4v) is 8.77. The van der Waals surface area contributed by atoms with Crippen molar-refractivity contribution in [3.8, 4) is 0 Å². The second-order valence-electron chi connectivity index (χ2n) is 15.2. The van der Waals surface area contributed by atoms with E-state index in [4.69, 9.17) is 10.2 Å². The van der Waals surface area contributed by atoms with Gasteiger partial charge in [-0.1, -0.05) is 46.6 Å². The molecule has 0 bridgehead atoms. The molecule has 2 aromatic carbocycles. The Balaban J connectivity index is 1.52. The molecular weight excluding hydrogens is 741 g/mol. The van der Waals surface area contributed by atoms with Gasteiger partial charge in [-0.2, -0.15) is 16.8 Å². The van der Waals surface area contributed by atoms with Gasteiger partial charge in [0.2, 0.25) is 0 Å². The molecule has 6 N–H and O–H groups in total. The van der Waals surface area contributed by atoms with Gasteiger partial charge >= 0.3 is 11.9 Å². The molecule has 0 fully saturated rings. The number of unbranched alkanes of at least 4 members (excludes halogenated alkanes) is 4. The van der Waals surface area contributed by atoms with E-state index < -0.39 is 55.0 Å². The van der Waals surface area contributed by atoms with Gasteiger partial charge in [0.15, 0.2) is 0 Å². The molecule has 2 aliphatic heterocycles. The van der Waals surface area contributed by atoms with Crippen LogP contribution in [0.2, 0.25) is 0 Å². The highest BCUT2D eigenvalue weighted by Crippen LogP contribution is 2.52. The number of hydrogen-bond acceptors (Lipinski definition) is 10. The highest BCUT2D eigenvalue weighted by molar-refractivity contribution is 7.86. The van der Waals surface area contributed by atoms with Crippen molar-refractivity contribution in [1.29, 1.82) is 0 Å². The largest absolute Gasteiger partial charge is 0.511 e.